The van der Waals surface area contributed by atoms with Crippen molar-refractivity contribution in [1.82, 2.24) is 0 Å². The van der Waals surface area contributed by atoms with Crippen molar-refractivity contribution in [1.29, 1.82) is 0 Å². The molecule has 0 saturated carbocycles. The summed E-state index contributed by atoms with van der Waals surface area (Å²) in [6, 6.07) is 4.71. The van der Waals surface area contributed by atoms with Gasteiger partial charge < -0.3 is 14.0 Å². The van der Waals surface area contributed by atoms with Gasteiger partial charge in [0.15, 0.2) is 11.5 Å². The van der Waals surface area contributed by atoms with Gasteiger partial charge in [-0.2, -0.15) is 25.3 Å². The van der Waals surface area contributed by atoms with Crippen LogP contribution in [0.15, 0.2) is 46.2 Å². The zero-order chi connectivity index (χ0) is 22.2. The van der Waals surface area contributed by atoms with Crippen molar-refractivity contribution in [2.45, 2.75) is 9.79 Å². The van der Waals surface area contributed by atoms with Gasteiger partial charge in [0.05, 0.1) is 0 Å². The Kier molecular flexibility index (Phi) is 5.89. The van der Waals surface area contributed by atoms with Crippen LogP contribution in [-0.4, -0.2) is 50.0 Å². The van der Waals surface area contributed by atoms with E-state index in [0.29, 0.717) is 0 Å². The minimum atomic E-state index is -5.17. The molecule has 0 aliphatic rings. The number of aromatic hydroxyl groups is 1. The van der Waals surface area contributed by atoms with Gasteiger partial charge in [-0.15, -0.1) is 0 Å². The summed E-state index contributed by atoms with van der Waals surface area (Å²) >= 11 is 0. The first-order valence-electron chi connectivity index (χ1n) is 6.89. The van der Waals surface area contributed by atoms with Crippen LogP contribution in [0.4, 0.5) is 0 Å². The van der Waals surface area contributed by atoms with Crippen molar-refractivity contribution in [3.05, 3.63) is 42.0 Å². The van der Waals surface area contributed by atoms with Gasteiger partial charge in [0.1, 0.15) is 21.1 Å². The molecule has 0 amide bonds. The van der Waals surface area contributed by atoms with E-state index in [1.165, 1.54) is 12.1 Å². The highest BCUT2D eigenvalue weighted by molar-refractivity contribution is 7.86. The third-order valence-corrected chi connectivity index (χ3v) is 5.23. The molecule has 0 aliphatic carbocycles. The minimum absolute atomic E-state index is 0.196. The lowest BCUT2D eigenvalue weighted by atomic mass is 10.2. The zero-order valence-corrected chi connectivity index (χ0v) is 16.1. The second-order valence-electron chi connectivity index (χ2n) is 5.11. The summed E-state index contributed by atoms with van der Waals surface area (Å²) in [6.45, 7) is 0. The van der Waals surface area contributed by atoms with Crippen LogP contribution >= 0.6 is 0 Å². The summed E-state index contributed by atoms with van der Waals surface area (Å²) in [4.78, 5) is 9.82. The van der Waals surface area contributed by atoms with Crippen LogP contribution in [0.3, 0.4) is 0 Å². The normalized spacial score (nSPS) is 12.4. The molecule has 4 N–H and O–H groups in total. The summed E-state index contributed by atoms with van der Waals surface area (Å²) in [6.07, 6.45) is 0. The number of rotatable bonds is 6. The fourth-order valence-corrected chi connectivity index (χ4v) is 3.56. The Morgan fingerprint density at radius 3 is 1.86 bits per heavy atom. The molecule has 0 radical (unpaired) electrons. The van der Waals surface area contributed by atoms with Gasteiger partial charge >= 0.3 is 16.4 Å². The SMILES string of the molecule is O=C(Oc1cc(S(=O)(=O)O)c(O)cc1S(=O)(=O)O)c1ccccc1OS(=O)(=O)O. The highest BCUT2D eigenvalue weighted by Crippen LogP contribution is 2.35. The Bertz CT molecular complexity index is 1290. The largest absolute Gasteiger partial charge is 0.506 e. The maximum atomic E-state index is 12.3. The third-order valence-electron chi connectivity index (χ3n) is 3.09. The van der Waals surface area contributed by atoms with Crippen molar-refractivity contribution in [2.75, 3.05) is 0 Å². The summed E-state index contributed by atoms with van der Waals surface area (Å²) in [5.74, 6) is -4.66. The van der Waals surface area contributed by atoms with Crippen LogP contribution in [0, 0.1) is 0 Å². The number of carbonyl (C=O) groups excluding carboxylic acids is 1. The predicted molar refractivity (Wildman–Crippen MR) is 91.3 cm³/mol. The van der Waals surface area contributed by atoms with Gasteiger partial charge in [-0.1, -0.05) is 12.1 Å². The van der Waals surface area contributed by atoms with E-state index < -0.39 is 69.2 Å². The molecular formula is C13H10O13S3. The van der Waals surface area contributed by atoms with E-state index in [1.807, 2.05) is 0 Å². The second-order valence-corrected chi connectivity index (χ2v) is 8.92. The molecule has 0 saturated heterocycles. The molecule has 2 aromatic carbocycles. The topological polar surface area (TPSA) is 219 Å². The fraction of sp³-hybridized carbons (Fsp3) is 0. The standard InChI is InChI=1S/C13H10O13S3/c14-8-5-12(28(19,20)21)10(6-11(8)27(16,17)18)25-13(15)7-3-1-2-4-9(7)26-29(22,23)24/h1-6,14H,(H,16,17,18)(H,19,20,21)(H,22,23,24). The third kappa shape index (κ3) is 5.62. The molecule has 2 aromatic rings. The molecule has 158 valence electrons. The van der Waals surface area contributed by atoms with Crippen molar-refractivity contribution >= 4 is 36.6 Å². The number of hydrogen-bond donors (Lipinski definition) is 4. The Morgan fingerprint density at radius 1 is 0.793 bits per heavy atom. The number of phenolic OH excluding ortho intramolecular Hbond substituents is 1. The summed E-state index contributed by atoms with van der Waals surface area (Å²) in [5.41, 5.74) is -0.659. The molecule has 29 heavy (non-hydrogen) atoms. The monoisotopic (exact) mass is 470 g/mol. The summed E-state index contributed by atoms with van der Waals surface area (Å²) < 4.78 is 103. The summed E-state index contributed by atoms with van der Waals surface area (Å²) in [5, 5.41) is 9.57. The van der Waals surface area contributed by atoms with E-state index in [9.17, 15) is 39.7 Å². The molecule has 0 aliphatic heterocycles. The Labute approximate surface area is 163 Å². The smallest absolute Gasteiger partial charge is 0.446 e. The highest BCUT2D eigenvalue weighted by Gasteiger charge is 2.28. The van der Waals surface area contributed by atoms with Crippen molar-refractivity contribution in [3.63, 3.8) is 0 Å². The van der Waals surface area contributed by atoms with Gasteiger partial charge in [-0.3, -0.25) is 13.7 Å². The van der Waals surface area contributed by atoms with Crippen molar-refractivity contribution in [2.24, 2.45) is 0 Å². The zero-order valence-electron chi connectivity index (χ0n) is 13.7. The number of benzene rings is 2. The number of phenols is 1. The molecule has 2 rings (SSSR count). The average Bonchev–Trinajstić information content (AvgIpc) is 2.53. The predicted octanol–water partition coefficient (Wildman–Crippen LogP) is 0.286. The van der Waals surface area contributed by atoms with Crippen molar-refractivity contribution < 1.29 is 57.7 Å². The lowest BCUT2D eigenvalue weighted by Crippen LogP contribution is -2.15. The van der Waals surface area contributed by atoms with Gasteiger partial charge in [-0.05, 0) is 12.1 Å². The quantitative estimate of drug-likeness (QED) is 0.253. The van der Waals surface area contributed by atoms with Crippen LogP contribution in [0.2, 0.25) is 0 Å². The molecule has 0 bridgehead atoms. The maximum absolute atomic E-state index is 12.3. The van der Waals surface area contributed by atoms with Gasteiger partial charge in [0.25, 0.3) is 20.2 Å². The molecule has 16 heteroatoms. The Balaban J connectivity index is 2.61. The van der Waals surface area contributed by atoms with Gasteiger partial charge in [0.2, 0.25) is 0 Å². The lowest BCUT2D eigenvalue weighted by molar-refractivity contribution is 0.0727. The molecule has 0 atom stereocenters. The van der Waals surface area contributed by atoms with Gasteiger partial charge in [0, 0.05) is 12.1 Å². The van der Waals surface area contributed by atoms with Gasteiger partial charge in [-0.25, -0.2) is 4.79 Å². The van der Waals surface area contributed by atoms with Crippen molar-refractivity contribution in [3.8, 4) is 17.2 Å². The van der Waals surface area contributed by atoms with E-state index in [1.54, 1.807) is 0 Å². The van der Waals surface area contributed by atoms with E-state index in [4.69, 9.17) is 9.11 Å². The van der Waals surface area contributed by atoms with Crippen LogP contribution < -0.4 is 8.92 Å². The number of esters is 1. The molecule has 0 unspecified atom stereocenters. The lowest BCUT2D eigenvalue weighted by Gasteiger charge is -2.12. The molecular weight excluding hydrogens is 460 g/mol. The number of ether oxygens (including phenoxy) is 1. The van der Waals surface area contributed by atoms with Crippen LogP contribution in [0.5, 0.6) is 17.2 Å². The maximum Gasteiger partial charge on any atom is 0.446 e. The fourth-order valence-electron chi connectivity index (χ4n) is 1.99. The Morgan fingerprint density at radius 2 is 1.34 bits per heavy atom. The Hall–Kier alpha value is -2.76. The molecule has 0 fully saturated rings. The van der Waals surface area contributed by atoms with E-state index in [-0.39, 0.29) is 12.1 Å². The number of carbonyl (C=O) groups is 1. The molecule has 13 nitrogen and oxygen atoms in total. The number of para-hydroxylation sites is 1. The van der Waals surface area contributed by atoms with E-state index in [2.05, 4.69) is 8.92 Å². The first-order valence-corrected chi connectivity index (χ1v) is 11.1. The first-order chi connectivity index (χ1) is 13.1. The highest BCUT2D eigenvalue weighted by atomic mass is 32.3. The van der Waals surface area contributed by atoms with E-state index in [0.717, 1.165) is 12.1 Å². The molecule has 0 heterocycles. The molecule has 0 aromatic heterocycles. The van der Waals surface area contributed by atoms with Crippen LogP contribution in [-0.2, 0) is 30.6 Å². The number of hydrogen-bond acceptors (Lipinski definition) is 10. The second kappa shape index (κ2) is 7.58. The first kappa shape index (κ1) is 22.5. The van der Waals surface area contributed by atoms with Crippen LogP contribution in [0.25, 0.3) is 0 Å². The van der Waals surface area contributed by atoms with Crippen LogP contribution in [0.1, 0.15) is 10.4 Å². The molecule has 0 spiro atoms. The van der Waals surface area contributed by atoms with E-state index >= 15 is 0 Å². The minimum Gasteiger partial charge on any atom is -0.506 e. The average molecular weight is 470 g/mol. The summed E-state index contributed by atoms with van der Waals surface area (Å²) in [7, 11) is -15.3.